The molecule has 0 atom stereocenters. The maximum absolute atomic E-state index is 12.6. The first-order valence-corrected chi connectivity index (χ1v) is 18.1. The van der Waals surface area contributed by atoms with Gasteiger partial charge in [0.05, 0.1) is 62.2 Å². The fraction of sp³-hybridized carbons (Fsp3) is 0.256. The van der Waals surface area contributed by atoms with Gasteiger partial charge in [-0.05, 0) is 99.0 Å². The van der Waals surface area contributed by atoms with E-state index in [-0.39, 0.29) is 10.9 Å². The molecule has 0 aliphatic rings. The Bertz CT molecular complexity index is 2420. The molecule has 0 fully saturated rings. The third kappa shape index (κ3) is 9.30. The maximum atomic E-state index is 12.6. The van der Waals surface area contributed by atoms with E-state index in [0.717, 1.165) is 47.4 Å². The van der Waals surface area contributed by atoms with Crippen molar-refractivity contribution in [2.75, 3.05) is 39.6 Å². The van der Waals surface area contributed by atoms with Gasteiger partial charge in [-0.2, -0.15) is 0 Å². The van der Waals surface area contributed by atoms with Gasteiger partial charge >= 0.3 is 0 Å². The Balaban J connectivity index is 0.740. The van der Waals surface area contributed by atoms with Crippen molar-refractivity contribution in [3.8, 4) is 34.1 Å². The topological polar surface area (TPSA) is 128 Å². The Morgan fingerprint density at radius 3 is 1.94 bits per heavy atom. The Kier molecular flexibility index (Phi) is 11.9. The van der Waals surface area contributed by atoms with E-state index in [1.54, 1.807) is 18.3 Å². The lowest BCUT2D eigenvalue weighted by Gasteiger charge is -2.10. The molecule has 7 aromatic rings. The number of benzene rings is 4. The van der Waals surface area contributed by atoms with E-state index >= 15 is 0 Å². The van der Waals surface area contributed by atoms with Crippen molar-refractivity contribution in [1.29, 1.82) is 0 Å². The summed E-state index contributed by atoms with van der Waals surface area (Å²) in [7, 11) is 0. The highest BCUT2D eigenvalue weighted by Gasteiger charge is 2.10. The molecule has 0 aliphatic carbocycles. The highest BCUT2D eigenvalue weighted by Crippen LogP contribution is 2.26. The van der Waals surface area contributed by atoms with Crippen molar-refractivity contribution in [3.05, 3.63) is 141 Å². The van der Waals surface area contributed by atoms with Crippen molar-refractivity contribution in [2.24, 2.45) is 0 Å². The largest absolute Gasteiger partial charge is 0.494 e. The minimum Gasteiger partial charge on any atom is -0.494 e. The highest BCUT2D eigenvalue weighted by atomic mass is 16.5. The van der Waals surface area contributed by atoms with E-state index in [2.05, 4.69) is 10.3 Å². The number of fused-ring (bicyclic) bond motifs is 2. The first-order chi connectivity index (χ1) is 26.5. The van der Waals surface area contributed by atoms with Crippen LogP contribution in [0.1, 0.15) is 24.1 Å². The van der Waals surface area contributed by atoms with E-state index in [4.69, 9.17) is 27.8 Å². The van der Waals surface area contributed by atoms with Gasteiger partial charge in [-0.3, -0.25) is 9.59 Å². The minimum absolute atomic E-state index is 0.0547. The van der Waals surface area contributed by atoms with E-state index in [1.807, 2.05) is 90.5 Å². The molecule has 54 heavy (non-hydrogen) atoms. The number of hydrogen-bond acceptors (Lipinski definition) is 10. The first kappa shape index (κ1) is 36.3. The second-order valence-corrected chi connectivity index (χ2v) is 12.8. The molecular weight excluding hydrogens is 686 g/mol. The van der Waals surface area contributed by atoms with Gasteiger partial charge in [0.2, 0.25) is 0 Å². The number of ether oxygens (including phenoxy) is 4. The number of unbranched alkanes of at least 4 members (excludes halogenated alkanes) is 1. The predicted molar refractivity (Wildman–Crippen MR) is 206 cm³/mol. The number of rotatable bonds is 18. The lowest BCUT2D eigenvalue weighted by molar-refractivity contribution is 0.0331. The molecular formula is C43H41N3O8. The minimum atomic E-state index is -0.0709. The van der Waals surface area contributed by atoms with Gasteiger partial charge in [0, 0.05) is 23.3 Å². The van der Waals surface area contributed by atoms with Crippen LogP contribution in [0.2, 0.25) is 0 Å². The van der Waals surface area contributed by atoms with Crippen molar-refractivity contribution >= 4 is 21.9 Å². The first-order valence-electron chi connectivity index (χ1n) is 18.1. The van der Waals surface area contributed by atoms with Gasteiger partial charge in [0.15, 0.2) is 10.9 Å². The number of aryl methyl sites for hydroxylation is 2. The molecule has 7 rings (SSSR count). The summed E-state index contributed by atoms with van der Waals surface area (Å²) in [5, 5.41) is 9.44. The van der Waals surface area contributed by atoms with Crippen LogP contribution in [0.25, 0.3) is 44.6 Å². The molecule has 0 spiro atoms. The second-order valence-electron chi connectivity index (χ2n) is 12.8. The summed E-state index contributed by atoms with van der Waals surface area (Å²) in [5.41, 5.74) is 4.71. The lowest BCUT2D eigenvalue weighted by atomic mass is 10.1. The second kappa shape index (κ2) is 17.7. The van der Waals surface area contributed by atoms with Gasteiger partial charge in [0.25, 0.3) is 0 Å². The molecule has 0 amide bonds. The monoisotopic (exact) mass is 727 g/mol. The lowest BCUT2D eigenvalue weighted by Crippen LogP contribution is -2.14. The maximum Gasteiger partial charge on any atom is 0.193 e. The van der Waals surface area contributed by atoms with Crippen LogP contribution in [0.15, 0.2) is 128 Å². The Labute approximate surface area is 311 Å². The van der Waals surface area contributed by atoms with Gasteiger partial charge in [-0.25, -0.2) is 4.68 Å². The number of para-hydroxylation sites is 1. The zero-order valence-electron chi connectivity index (χ0n) is 30.1. The quantitative estimate of drug-likeness (QED) is 0.0814. The van der Waals surface area contributed by atoms with Gasteiger partial charge in [0.1, 0.15) is 40.8 Å². The van der Waals surface area contributed by atoms with Crippen LogP contribution in [-0.4, -0.2) is 54.6 Å². The summed E-state index contributed by atoms with van der Waals surface area (Å²) < 4.78 is 36.9. The Morgan fingerprint density at radius 2 is 1.22 bits per heavy atom. The van der Waals surface area contributed by atoms with Crippen LogP contribution in [0, 0.1) is 6.92 Å². The van der Waals surface area contributed by atoms with Gasteiger partial charge in [-0.15, -0.1) is 5.10 Å². The van der Waals surface area contributed by atoms with Crippen LogP contribution in [-0.2, 0) is 22.4 Å². The highest BCUT2D eigenvalue weighted by molar-refractivity contribution is 5.80. The molecule has 11 nitrogen and oxygen atoms in total. The fourth-order valence-corrected chi connectivity index (χ4v) is 6.04. The molecule has 0 radical (unpaired) electrons. The number of hydrogen-bond donors (Lipinski definition) is 0. The normalized spacial score (nSPS) is 11.4. The SMILES string of the molecule is Cc1ccc2oc(-c3ccc(OCCCCc4cnnn4CCOCCOCCOc4ccc(-c5cc(=O)c6ccccc6o5)cc4)cc3)cc(=O)c2c1. The number of nitrogens with zero attached hydrogens (tertiary/aromatic N) is 3. The van der Waals surface area contributed by atoms with Crippen LogP contribution >= 0.6 is 0 Å². The average Bonchev–Trinajstić information content (AvgIpc) is 3.64. The van der Waals surface area contributed by atoms with E-state index < -0.39 is 0 Å². The smallest absolute Gasteiger partial charge is 0.193 e. The summed E-state index contributed by atoms with van der Waals surface area (Å²) in [6, 6.07) is 30.9. The van der Waals surface area contributed by atoms with Crippen molar-refractivity contribution < 1.29 is 27.8 Å². The molecule has 0 N–H and O–H groups in total. The number of aromatic nitrogens is 3. The molecule has 0 saturated heterocycles. The van der Waals surface area contributed by atoms with Crippen molar-refractivity contribution in [2.45, 2.75) is 32.7 Å². The van der Waals surface area contributed by atoms with Crippen LogP contribution in [0.5, 0.6) is 11.5 Å². The molecule has 276 valence electrons. The third-order valence-corrected chi connectivity index (χ3v) is 8.90. The molecule has 3 aromatic heterocycles. The molecule has 0 unspecified atom stereocenters. The zero-order chi connectivity index (χ0) is 37.1. The molecule has 4 aromatic carbocycles. The van der Waals surface area contributed by atoms with Crippen LogP contribution in [0.3, 0.4) is 0 Å². The molecule has 3 heterocycles. The summed E-state index contributed by atoms with van der Waals surface area (Å²) in [6.07, 6.45) is 4.43. The van der Waals surface area contributed by atoms with Crippen LogP contribution in [0.4, 0.5) is 0 Å². The molecule has 0 aliphatic heterocycles. The van der Waals surface area contributed by atoms with Crippen molar-refractivity contribution in [3.63, 3.8) is 0 Å². The Hall–Kier alpha value is -6.04. The third-order valence-electron chi connectivity index (χ3n) is 8.90. The summed E-state index contributed by atoms with van der Waals surface area (Å²) >= 11 is 0. The Morgan fingerprint density at radius 1 is 0.611 bits per heavy atom. The van der Waals surface area contributed by atoms with Gasteiger partial charge < -0.3 is 27.8 Å². The molecule has 0 bridgehead atoms. The van der Waals surface area contributed by atoms with E-state index in [9.17, 15) is 9.59 Å². The zero-order valence-corrected chi connectivity index (χ0v) is 30.1. The predicted octanol–water partition coefficient (Wildman–Crippen LogP) is 7.65. The van der Waals surface area contributed by atoms with E-state index in [0.29, 0.717) is 85.4 Å². The summed E-state index contributed by atoms with van der Waals surface area (Å²) in [4.78, 5) is 25.0. The fourth-order valence-electron chi connectivity index (χ4n) is 6.04. The van der Waals surface area contributed by atoms with Crippen molar-refractivity contribution in [1.82, 2.24) is 15.0 Å². The van der Waals surface area contributed by atoms with E-state index in [1.165, 1.54) is 12.1 Å². The van der Waals surface area contributed by atoms with Gasteiger partial charge in [-0.1, -0.05) is 29.0 Å². The molecule has 11 heteroatoms. The molecule has 0 saturated carbocycles. The summed E-state index contributed by atoms with van der Waals surface area (Å²) in [5.74, 6) is 2.51. The average molecular weight is 728 g/mol. The van der Waals surface area contributed by atoms with Crippen LogP contribution < -0.4 is 20.3 Å². The summed E-state index contributed by atoms with van der Waals surface area (Å²) in [6.45, 7) is 5.39. The standard InChI is InChI=1S/C43H41N3O8/c1-30-9-18-41-37(26-30)39(48)28-43(54-41)32-10-14-34(15-11-32)51-20-5-4-6-33-29-44-45-46(33)19-21-49-22-23-50-24-25-52-35-16-12-31(13-17-35)42-27-38(47)36-7-2-3-8-40(36)53-42/h2-3,7-18,26-29H,4-6,19-25H2,1H3.